The van der Waals surface area contributed by atoms with E-state index >= 15 is 0 Å². The Kier molecular flexibility index (Phi) is 6.29. The maximum absolute atomic E-state index is 12.5. The maximum atomic E-state index is 12.5. The van der Waals surface area contributed by atoms with E-state index in [4.69, 9.17) is 27.9 Å². The zero-order valence-corrected chi connectivity index (χ0v) is 16.6. The quantitative estimate of drug-likeness (QED) is 0.727. The van der Waals surface area contributed by atoms with Crippen molar-refractivity contribution in [3.63, 3.8) is 0 Å². The molecule has 2 aromatic rings. The molecule has 1 aromatic carbocycles. The normalized spacial score (nSPS) is 22.0. The number of benzene rings is 1. The highest BCUT2D eigenvalue weighted by Gasteiger charge is 2.38. The molecule has 2 N–H and O–H groups in total. The van der Waals surface area contributed by atoms with Gasteiger partial charge in [-0.1, -0.05) is 36.5 Å². The Hall–Kier alpha value is -1.76. The van der Waals surface area contributed by atoms with Gasteiger partial charge < -0.3 is 15.2 Å². The molecule has 0 aliphatic heterocycles. The zero-order valence-electron chi connectivity index (χ0n) is 15.1. The molecule has 0 saturated heterocycles. The second-order valence-electron chi connectivity index (χ2n) is 7.10. The molecule has 3 rings (SSSR count). The van der Waals surface area contributed by atoms with Crippen molar-refractivity contribution >= 4 is 28.9 Å². The number of aromatic nitrogens is 2. The summed E-state index contributed by atoms with van der Waals surface area (Å²) in [6, 6.07) is 7.06. The first kappa shape index (κ1) is 20.0. The molecule has 1 aromatic heterocycles. The van der Waals surface area contributed by atoms with E-state index in [1.165, 1.54) is 4.68 Å². The van der Waals surface area contributed by atoms with Gasteiger partial charge in [0.2, 0.25) is 0 Å². The van der Waals surface area contributed by atoms with Gasteiger partial charge in [-0.15, -0.1) is 0 Å². The van der Waals surface area contributed by atoms with Crippen LogP contribution in [0.15, 0.2) is 35.3 Å². The highest BCUT2D eigenvalue weighted by molar-refractivity contribution is 6.33. The highest BCUT2D eigenvalue weighted by atomic mass is 35.5. The fourth-order valence-electron chi connectivity index (χ4n) is 3.36. The third kappa shape index (κ3) is 4.57. The molecule has 2 unspecified atom stereocenters. The van der Waals surface area contributed by atoms with Crippen molar-refractivity contribution < 1.29 is 9.84 Å². The van der Waals surface area contributed by atoms with Gasteiger partial charge in [0, 0.05) is 16.5 Å². The molecule has 1 aliphatic rings. The van der Waals surface area contributed by atoms with Crippen LogP contribution in [0.4, 0.5) is 5.69 Å². The Bertz CT molecular complexity index is 841. The fourth-order valence-corrected chi connectivity index (χ4v) is 3.69. The van der Waals surface area contributed by atoms with E-state index in [1.807, 2.05) is 6.92 Å². The van der Waals surface area contributed by atoms with Crippen LogP contribution in [0.1, 0.15) is 26.2 Å². The summed E-state index contributed by atoms with van der Waals surface area (Å²) in [6.07, 6.45) is 4.44. The van der Waals surface area contributed by atoms with Crippen LogP contribution in [0, 0.1) is 5.41 Å². The molecular weight excluding hydrogens is 389 g/mol. The molecular formula is C19H23Cl2N3O3. The first-order valence-electron chi connectivity index (χ1n) is 8.94. The second-order valence-corrected chi connectivity index (χ2v) is 7.92. The van der Waals surface area contributed by atoms with Gasteiger partial charge in [-0.3, -0.25) is 4.79 Å². The lowest BCUT2D eigenvalue weighted by atomic mass is 9.86. The first-order valence-corrected chi connectivity index (χ1v) is 9.70. The lowest BCUT2D eigenvalue weighted by Crippen LogP contribution is -2.37. The van der Waals surface area contributed by atoms with E-state index in [0.29, 0.717) is 16.5 Å². The molecule has 1 heterocycles. The van der Waals surface area contributed by atoms with E-state index in [0.717, 1.165) is 19.3 Å². The SMILES string of the molecule is CC1(CO)CCCC1Nc1cnn(CCOc2ccc(Cl)cc2)c(=O)c1Cl. The van der Waals surface area contributed by atoms with Crippen LogP contribution >= 0.6 is 23.2 Å². The number of aliphatic hydroxyl groups excluding tert-OH is 1. The number of nitrogens with one attached hydrogen (secondary N) is 1. The average molecular weight is 412 g/mol. The zero-order chi connectivity index (χ0) is 19.4. The molecule has 0 radical (unpaired) electrons. The van der Waals surface area contributed by atoms with Gasteiger partial charge in [-0.25, -0.2) is 4.68 Å². The van der Waals surface area contributed by atoms with E-state index in [1.54, 1.807) is 30.5 Å². The molecule has 0 bridgehead atoms. The van der Waals surface area contributed by atoms with Gasteiger partial charge in [0.1, 0.15) is 17.4 Å². The number of aliphatic hydroxyl groups is 1. The molecule has 146 valence electrons. The summed E-state index contributed by atoms with van der Waals surface area (Å²) in [4.78, 5) is 12.5. The lowest BCUT2D eigenvalue weighted by Gasteiger charge is -2.31. The third-order valence-electron chi connectivity index (χ3n) is 5.14. The van der Waals surface area contributed by atoms with Crippen LogP contribution in [-0.4, -0.2) is 34.1 Å². The molecule has 2 atom stereocenters. The van der Waals surface area contributed by atoms with Crippen molar-refractivity contribution in [3.8, 4) is 5.75 Å². The van der Waals surface area contributed by atoms with Gasteiger partial charge in [0.05, 0.1) is 25.0 Å². The summed E-state index contributed by atoms with van der Waals surface area (Å²) in [5.74, 6) is 0.668. The van der Waals surface area contributed by atoms with E-state index in [2.05, 4.69) is 10.4 Å². The Morgan fingerprint density at radius 1 is 1.37 bits per heavy atom. The Morgan fingerprint density at radius 2 is 2.11 bits per heavy atom. The fraction of sp³-hybridized carbons (Fsp3) is 0.474. The van der Waals surface area contributed by atoms with E-state index in [-0.39, 0.29) is 41.8 Å². The molecule has 1 saturated carbocycles. The largest absolute Gasteiger partial charge is 0.492 e. The minimum Gasteiger partial charge on any atom is -0.492 e. The Balaban J connectivity index is 1.64. The van der Waals surface area contributed by atoms with Crippen LogP contribution in [0.2, 0.25) is 10.0 Å². The number of ether oxygens (including phenoxy) is 1. The molecule has 0 amide bonds. The summed E-state index contributed by atoms with van der Waals surface area (Å²) in [6.45, 7) is 2.69. The number of nitrogens with zero attached hydrogens (tertiary/aromatic N) is 2. The van der Waals surface area contributed by atoms with Crippen LogP contribution < -0.4 is 15.6 Å². The maximum Gasteiger partial charge on any atom is 0.287 e. The van der Waals surface area contributed by atoms with Gasteiger partial charge >= 0.3 is 0 Å². The standard InChI is InChI=1S/C19H23Cl2N3O3/c1-19(12-25)8-2-3-16(19)23-15-11-22-24(18(26)17(15)21)9-10-27-14-6-4-13(20)5-7-14/h4-7,11,16,23,25H,2-3,8-10,12H2,1H3. The first-order chi connectivity index (χ1) is 12.9. The number of hydrogen-bond donors (Lipinski definition) is 2. The molecule has 0 spiro atoms. The smallest absolute Gasteiger partial charge is 0.287 e. The minimum absolute atomic E-state index is 0.0605. The number of anilines is 1. The van der Waals surface area contributed by atoms with Crippen molar-refractivity contribution in [3.05, 3.63) is 50.9 Å². The average Bonchev–Trinajstić information content (AvgIpc) is 3.03. The molecule has 27 heavy (non-hydrogen) atoms. The lowest BCUT2D eigenvalue weighted by molar-refractivity contribution is 0.139. The van der Waals surface area contributed by atoms with Crippen LogP contribution in [-0.2, 0) is 6.54 Å². The molecule has 8 heteroatoms. The van der Waals surface area contributed by atoms with E-state index in [9.17, 15) is 9.90 Å². The Morgan fingerprint density at radius 3 is 2.81 bits per heavy atom. The highest BCUT2D eigenvalue weighted by Crippen LogP contribution is 2.39. The van der Waals surface area contributed by atoms with Gasteiger partial charge in [-0.2, -0.15) is 5.10 Å². The van der Waals surface area contributed by atoms with Crippen LogP contribution in [0.3, 0.4) is 0 Å². The minimum atomic E-state index is -0.370. The molecule has 1 fully saturated rings. The predicted octanol–water partition coefficient (Wildman–Crippen LogP) is 3.59. The van der Waals surface area contributed by atoms with Crippen LogP contribution in [0.25, 0.3) is 0 Å². The van der Waals surface area contributed by atoms with Crippen molar-refractivity contribution in [2.45, 2.75) is 38.8 Å². The predicted molar refractivity (Wildman–Crippen MR) is 107 cm³/mol. The monoisotopic (exact) mass is 411 g/mol. The van der Waals surface area contributed by atoms with Crippen molar-refractivity contribution in [1.29, 1.82) is 0 Å². The summed E-state index contributed by atoms with van der Waals surface area (Å²) >= 11 is 12.1. The van der Waals surface area contributed by atoms with E-state index < -0.39 is 0 Å². The third-order valence-corrected chi connectivity index (χ3v) is 5.76. The number of hydrogen-bond acceptors (Lipinski definition) is 5. The molecule has 1 aliphatic carbocycles. The van der Waals surface area contributed by atoms with Crippen LogP contribution in [0.5, 0.6) is 5.75 Å². The van der Waals surface area contributed by atoms with Crippen molar-refractivity contribution in [2.75, 3.05) is 18.5 Å². The summed E-state index contributed by atoms with van der Waals surface area (Å²) in [7, 11) is 0. The van der Waals surface area contributed by atoms with Gasteiger partial charge in [0.15, 0.2) is 0 Å². The van der Waals surface area contributed by atoms with Gasteiger partial charge in [-0.05, 0) is 37.1 Å². The number of rotatable bonds is 7. The van der Waals surface area contributed by atoms with Gasteiger partial charge in [0.25, 0.3) is 5.56 Å². The molecule has 6 nitrogen and oxygen atoms in total. The second kappa shape index (κ2) is 8.50. The Labute approximate surface area is 168 Å². The summed E-state index contributed by atoms with van der Waals surface area (Å²) in [5, 5.41) is 17.9. The number of halogens is 2. The summed E-state index contributed by atoms with van der Waals surface area (Å²) < 4.78 is 6.88. The summed E-state index contributed by atoms with van der Waals surface area (Å²) in [5.41, 5.74) is -0.0851. The van der Waals surface area contributed by atoms with Crippen molar-refractivity contribution in [1.82, 2.24) is 9.78 Å². The topological polar surface area (TPSA) is 76.4 Å². The van der Waals surface area contributed by atoms with Crippen molar-refractivity contribution in [2.24, 2.45) is 5.41 Å².